The van der Waals surface area contributed by atoms with Crippen LogP contribution in [0.25, 0.3) is 0 Å². The Bertz CT molecular complexity index is 321. The van der Waals surface area contributed by atoms with E-state index in [1.54, 1.807) is 12.4 Å². The van der Waals surface area contributed by atoms with E-state index in [1.807, 2.05) is 4.90 Å². The first-order valence-corrected chi connectivity index (χ1v) is 5.17. The number of urea groups is 1. The molecular formula is C10H14N4O. The lowest BCUT2D eigenvalue weighted by molar-refractivity contribution is 0.200. The molecule has 0 atom stereocenters. The Balaban J connectivity index is 1.91. The first-order valence-electron chi connectivity index (χ1n) is 5.17. The minimum atomic E-state index is -0.0514. The zero-order chi connectivity index (χ0) is 10.5. The van der Waals surface area contributed by atoms with Gasteiger partial charge in [0.05, 0.1) is 18.1 Å². The predicted molar refractivity (Wildman–Crippen MR) is 56.5 cm³/mol. The third kappa shape index (κ3) is 2.65. The second-order valence-corrected chi connectivity index (χ2v) is 3.61. The minimum absolute atomic E-state index is 0.0514. The van der Waals surface area contributed by atoms with E-state index in [2.05, 4.69) is 15.3 Å². The highest BCUT2D eigenvalue weighted by atomic mass is 16.2. The van der Waals surface area contributed by atoms with Gasteiger partial charge in [0.1, 0.15) is 6.33 Å². The minimum Gasteiger partial charge on any atom is -0.325 e. The molecule has 2 rings (SSSR count). The van der Waals surface area contributed by atoms with Crippen molar-refractivity contribution in [3.8, 4) is 0 Å². The van der Waals surface area contributed by atoms with Gasteiger partial charge in [-0.2, -0.15) is 0 Å². The Morgan fingerprint density at radius 1 is 1.20 bits per heavy atom. The molecule has 80 valence electrons. The van der Waals surface area contributed by atoms with E-state index in [1.165, 1.54) is 12.7 Å². The summed E-state index contributed by atoms with van der Waals surface area (Å²) in [6.07, 6.45) is 8.04. The summed E-state index contributed by atoms with van der Waals surface area (Å²) in [6, 6.07) is -0.0514. The zero-order valence-corrected chi connectivity index (χ0v) is 8.52. The molecule has 1 aromatic heterocycles. The maximum absolute atomic E-state index is 11.7. The molecule has 15 heavy (non-hydrogen) atoms. The van der Waals surface area contributed by atoms with Crippen molar-refractivity contribution < 1.29 is 4.79 Å². The molecule has 0 saturated carbocycles. The lowest BCUT2D eigenvalue weighted by Gasteiger charge is -2.26. The fraction of sp³-hybridized carbons (Fsp3) is 0.500. The van der Waals surface area contributed by atoms with Crippen molar-refractivity contribution in [2.24, 2.45) is 0 Å². The largest absolute Gasteiger partial charge is 0.325 e. The SMILES string of the molecule is O=C(Nc1cncnc1)N1CCCCC1. The maximum atomic E-state index is 11.7. The topological polar surface area (TPSA) is 58.1 Å². The van der Waals surface area contributed by atoms with Gasteiger partial charge in [-0.1, -0.05) is 0 Å². The molecule has 1 aliphatic heterocycles. The van der Waals surface area contributed by atoms with Crippen LogP contribution in [0, 0.1) is 0 Å². The molecule has 5 nitrogen and oxygen atoms in total. The lowest BCUT2D eigenvalue weighted by Crippen LogP contribution is -2.38. The lowest BCUT2D eigenvalue weighted by atomic mass is 10.1. The number of likely N-dealkylation sites (tertiary alicyclic amines) is 1. The predicted octanol–water partition coefficient (Wildman–Crippen LogP) is 1.49. The van der Waals surface area contributed by atoms with Crippen LogP contribution in [0.15, 0.2) is 18.7 Å². The van der Waals surface area contributed by atoms with Gasteiger partial charge < -0.3 is 10.2 Å². The third-order valence-corrected chi connectivity index (χ3v) is 2.46. The molecule has 1 N–H and O–H groups in total. The molecule has 0 radical (unpaired) electrons. The van der Waals surface area contributed by atoms with Gasteiger partial charge in [-0.3, -0.25) is 0 Å². The molecule has 0 aliphatic carbocycles. The Morgan fingerprint density at radius 3 is 2.53 bits per heavy atom. The number of nitrogens with one attached hydrogen (secondary N) is 1. The number of piperidine rings is 1. The molecule has 0 bridgehead atoms. The van der Waals surface area contributed by atoms with Crippen molar-refractivity contribution in [2.45, 2.75) is 19.3 Å². The normalized spacial score (nSPS) is 16.1. The van der Waals surface area contributed by atoms with Crippen LogP contribution in [0.3, 0.4) is 0 Å². The van der Waals surface area contributed by atoms with E-state index in [0.717, 1.165) is 25.9 Å². The average Bonchev–Trinajstić information content (AvgIpc) is 2.31. The van der Waals surface area contributed by atoms with E-state index in [-0.39, 0.29) is 6.03 Å². The van der Waals surface area contributed by atoms with Gasteiger partial charge >= 0.3 is 6.03 Å². The molecule has 2 heterocycles. The van der Waals surface area contributed by atoms with Crippen LogP contribution < -0.4 is 5.32 Å². The van der Waals surface area contributed by atoms with Crippen LogP contribution in [-0.2, 0) is 0 Å². The molecule has 1 aliphatic rings. The van der Waals surface area contributed by atoms with Gasteiger partial charge in [-0.15, -0.1) is 0 Å². The van der Waals surface area contributed by atoms with E-state index in [9.17, 15) is 4.79 Å². The van der Waals surface area contributed by atoms with Gasteiger partial charge in [0.15, 0.2) is 0 Å². The third-order valence-electron chi connectivity index (χ3n) is 2.46. The number of carbonyl (C=O) groups is 1. The summed E-state index contributed by atoms with van der Waals surface area (Å²) in [5.74, 6) is 0. The number of rotatable bonds is 1. The highest BCUT2D eigenvalue weighted by molar-refractivity contribution is 5.88. The number of amides is 2. The summed E-state index contributed by atoms with van der Waals surface area (Å²) < 4.78 is 0. The molecular weight excluding hydrogens is 192 g/mol. The number of aromatic nitrogens is 2. The number of hydrogen-bond donors (Lipinski definition) is 1. The fourth-order valence-corrected chi connectivity index (χ4v) is 1.66. The van der Waals surface area contributed by atoms with Gasteiger partial charge in [-0.05, 0) is 19.3 Å². The summed E-state index contributed by atoms with van der Waals surface area (Å²) in [4.78, 5) is 21.2. The fourth-order valence-electron chi connectivity index (χ4n) is 1.66. The Labute approximate surface area is 88.5 Å². The molecule has 1 aromatic rings. The number of hydrogen-bond acceptors (Lipinski definition) is 3. The standard InChI is InChI=1S/C10H14N4O/c15-10(14-4-2-1-3-5-14)13-9-6-11-8-12-7-9/h6-8H,1-5H2,(H,13,15). The first-order chi connectivity index (χ1) is 7.36. The summed E-state index contributed by atoms with van der Waals surface area (Å²) in [5, 5.41) is 2.77. The second-order valence-electron chi connectivity index (χ2n) is 3.61. The van der Waals surface area contributed by atoms with E-state index >= 15 is 0 Å². The van der Waals surface area contributed by atoms with Gasteiger partial charge in [-0.25, -0.2) is 14.8 Å². The summed E-state index contributed by atoms with van der Waals surface area (Å²) >= 11 is 0. The highest BCUT2D eigenvalue weighted by Gasteiger charge is 2.16. The van der Waals surface area contributed by atoms with Crippen LogP contribution in [-0.4, -0.2) is 34.0 Å². The molecule has 0 unspecified atom stereocenters. The molecule has 0 spiro atoms. The van der Waals surface area contributed by atoms with Crippen molar-refractivity contribution in [1.82, 2.24) is 14.9 Å². The van der Waals surface area contributed by atoms with E-state index in [0.29, 0.717) is 5.69 Å². The Morgan fingerprint density at radius 2 is 1.87 bits per heavy atom. The number of carbonyl (C=O) groups excluding carboxylic acids is 1. The zero-order valence-electron chi connectivity index (χ0n) is 8.52. The quantitative estimate of drug-likeness (QED) is 0.757. The summed E-state index contributed by atoms with van der Waals surface area (Å²) in [6.45, 7) is 1.69. The van der Waals surface area contributed by atoms with Gasteiger partial charge in [0, 0.05) is 13.1 Å². The van der Waals surface area contributed by atoms with Gasteiger partial charge in [0.2, 0.25) is 0 Å². The van der Waals surface area contributed by atoms with Crippen molar-refractivity contribution in [3.05, 3.63) is 18.7 Å². The first kappa shape index (κ1) is 9.89. The van der Waals surface area contributed by atoms with Crippen LogP contribution in [0.1, 0.15) is 19.3 Å². The van der Waals surface area contributed by atoms with Crippen molar-refractivity contribution >= 4 is 11.7 Å². The van der Waals surface area contributed by atoms with Crippen LogP contribution in [0.4, 0.5) is 10.5 Å². The van der Waals surface area contributed by atoms with Crippen LogP contribution in [0.5, 0.6) is 0 Å². The second kappa shape index (κ2) is 4.72. The summed E-state index contributed by atoms with van der Waals surface area (Å²) in [5.41, 5.74) is 0.646. The monoisotopic (exact) mass is 206 g/mol. The van der Waals surface area contributed by atoms with Crippen molar-refractivity contribution in [3.63, 3.8) is 0 Å². The average molecular weight is 206 g/mol. The molecule has 1 fully saturated rings. The van der Waals surface area contributed by atoms with E-state index < -0.39 is 0 Å². The summed E-state index contributed by atoms with van der Waals surface area (Å²) in [7, 11) is 0. The maximum Gasteiger partial charge on any atom is 0.321 e. The van der Waals surface area contributed by atoms with Gasteiger partial charge in [0.25, 0.3) is 0 Å². The van der Waals surface area contributed by atoms with E-state index in [4.69, 9.17) is 0 Å². The molecule has 0 aromatic carbocycles. The Hall–Kier alpha value is -1.65. The number of anilines is 1. The van der Waals surface area contributed by atoms with Crippen LogP contribution >= 0.6 is 0 Å². The van der Waals surface area contributed by atoms with Crippen molar-refractivity contribution in [2.75, 3.05) is 18.4 Å². The molecule has 2 amide bonds. The molecule has 5 heteroatoms. The van der Waals surface area contributed by atoms with Crippen LogP contribution in [0.2, 0.25) is 0 Å². The van der Waals surface area contributed by atoms with Crippen molar-refractivity contribution in [1.29, 1.82) is 0 Å². The molecule has 1 saturated heterocycles. The number of nitrogens with zero attached hydrogens (tertiary/aromatic N) is 3. The highest BCUT2D eigenvalue weighted by Crippen LogP contribution is 2.10. The smallest absolute Gasteiger partial charge is 0.321 e. The Kier molecular flexibility index (Phi) is 3.11.